The van der Waals surface area contributed by atoms with Crippen molar-refractivity contribution in [1.82, 2.24) is 9.78 Å². The van der Waals surface area contributed by atoms with Crippen LogP contribution in [0.15, 0.2) is 21.7 Å². The number of sulfonamides is 1. The molecular weight excluding hydrogens is 280 g/mol. The van der Waals surface area contributed by atoms with Crippen LogP contribution >= 0.6 is 0 Å². The zero-order valence-electron chi connectivity index (χ0n) is 11.7. The molecule has 2 aromatic heterocycles. The summed E-state index contributed by atoms with van der Waals surface area (Å²) in [7, 11) is -3.74. The maximum absolute atomic E-state index is 12.4. The van der Waals surface area contributed by atoms with Crippen LogP contribution in [0.5, 0.6) is 0 Å². The summed E-state index contributed by atoms with van der Waals surface area (Å²) in [5.74, 6) is 0.855. The highest BCUT2D eigenvalue weighted by Gasteiger charge is 2.26. The molecule has 0 radical (unpaired) electrons. The molecule has 0 aliphatic carbocycles. The second kappa shape index (κ2) is 5.29. The van der Waals surface area contributed by atoms with E-state index in [1.54, 1.807) is 24.7 Å². The Morgan fingerprint density at radius 3 is 2.65 bits per heavy atom. The van der Waals surface area contributed by atoms with Crippen LogP contribution in [0, 0.1) is 13.8 Å². The van der Waals surface area contributed by atoms with Crippen molar-refractivity contribution < 1.29 is 12.8 Å². The van der Waals surface area contributed by atoms with Crippen LogP contribution in [0.4, 0.5) is 5.69 Å². The first kappa shape index (κ1) is 14.6. The molecule has 0 atom stereocenters. The Balaban J connectivity index is 2.40. The van der Waals surface area contributed by atoms with E-state index < -0.39 is 10.0 Å². The molecule has 2 aromatic rings. The number of nitrogens with one attached hydrogen (secondary N) is 1. The van der Waals surface area contributed by atoms with Crippen LogP contribution in [0.3, 0.4) is 0 Å². The third kappa shape index (κ3) is 2.56. The zero-order valence-corrected chi connectivity index (χ0v) is 12.5. The van der Waals surface area contributed by atoms with Gasteiger partial charge in [0.2, 0.25) is 0 Å². The van der Waals surface area contributed by atoms with Gasteiger partial charge in [-0.3, -0.25) is 9.40 Å². The molecule has 0 unspecified atom stereocenters. The fraction of sp³-hybridized carbons (Fsp3) is 0.417. The van der Waals surface area contributed by atoms with E-state index in [9.17, 15) is 8.42 Å². The number of furan rings is 1. The van der Waals surface area contributed by atoms with Crippen molar-refractivity contribution in [2.24, 2.45) is 5.73 Å². The standard InChI is InChI=1S/C12H18N4O3S/c1-4-16-7-10(6-14-16)15-20(17,18)12-9(3)19-8(2)11(12)5-13/h6-7,15H,4-5,13H2,1-3H3. The molecule has 0 aliphatic heterocycles. The number of aryl methyl sites for hydroxylation is 3. The van der Waals surface area contributed by atoms with Crippen molar-refractivity contribution in [2.45, 2.75) is 38.8 Å². The highest BCUT2D eigenvalue weighted by atomic mass is 32.2. The van der Waals surface area contributed by atoms with E-state index in [4.69, 9.17) is 10.2 Å². The summed E-state index contributed by atoms with van der Waals surface area (Å²) in [6.07, 6.45) is 3.09. The Labute approximate surface area is 117 Å². The molecular formula is C12H18N4O3S. The smallest absolute Gasteiger partial charge is 0.265 e. The summed E-state index contributed by atoms with van der Waals surface area (Å²) >= 11 is 0. The van der Waals surface area contributed by atoms with Crippen LogP contribution in [0.25, 0.3) is 0 Å². The van der Waals surface area contributed by atoms with Crippen molar-refractivity contribution in [2.75, 3.05) is 4.72 Å². The van der Waals surface area contributed by atoms with Gasteiger partial charge in [0.25, 0.3) is 10.0 Å². The molecule has 2 heterocycles. The van der Waals surface area contributed by atoms with Crippen molar-refractivity contribution in [3.8, 4) is 0 Å². The number of aromatic nitrogens is 2. The molecule has 0 fully saturated rings. The Bertz CT molecular complexity index is 715. The summed E-state index contributed by atoms with van der Waals surface area (Å²) in [5, 5.41) is 4.02. The van der Waals surface area contributed by atoms with Gasteiger partial charge >= 0.3 is 0 Å². The third-order valence-electron chi connectivity index (χ3n) is 3.01. The zero-order chi connectivity index (χ0) is 14.9. The fourth-order valence-corrected chi connectivity index (χ4v) is 3.58. The Morgan fingerprint density at radius 2 is 2.10 bits per heavy atom. The molecule has 2 rings (SSSR count). The van der Waals surface area contributed by atoms with Crippen molar-refractivity contribution >= 4 is 15.7 Å². The van der Waals surface area contributed by atoms with Gasteiger partial charge in [-0.2, -0.15) is 5.10 Å². The van der Waals surface area contributed by atoms with Gasteiger partial charge in [-0.15, -0.1) is 0 Å². The molecule has 20 heavy (non-hydrogen) atoms. The minimum Gasteiger partial charge on any atom is -0.465 e. The average molecular weight is 298 g/mol. The highest BCUT2D eigenvalue weighted by molar-refractivity contribution is 7.92. The lowest BCUT2D eigenvalue weighted by atomic mass is 10.2. The lowest BCUT2D eigenvalue weighted by Gasteiger charge is -2.06. The van der Waals surface area contributed by atoms with E-state index in [2.05, 4.69) is 9.82 Å². The third-order valence-corrected chi connectivity index (χ3v) is 4.58. The molecule has 0 amide bonds. The summed E-state index contributed by atoms with van der Waals surface area (Å²) in [5.41, 5.74) is 6.52. The van der Waals surface area contributed by atoms with Gasteiger partial charge in [-0.1, -0.05) is 0 Å². The van der Waals surface area contributed by atoms with E-state index in [1.807, 2.05) is 6.92 Å². The fourth-order valence-electron chi connectivity index (χ4n) is 2.09. The Hall–Kier alpha value is -1.80. The van der Waals surface area contributed by atoms with Gasteiger partial charge in [0.05, 0.1) is 11.9 Å². The SMILES string of the molecule is CCn1cc(NS(=O)(=O)c2c(C)oc(C)c2CN)cn1. The number of anilines is 1. The van der Waals surface area contributed by atoms with Gasteiger partial charge < -0.3 is 10.2 Å². The van der Waals surface area contributed by atoms with Crippen LogP contribution in [-0.4, -0.2) is 18.2 Å². The summed E-state index contributed by atoms with van der Waals surface area (Å²) < 4.78 is 34.4. The van der Waals surface area contributed by atoms with E-state index >= 15 is 0 Å². The second-order valence-electron chi connectivity index (χ2n) is 4.42. The normalized spacial score (nSPS) is 11.8. The minimum atomic E-state index is -3.74. The number of rotatable bonds is 5. The predicted octanol–water partition coefficient (Wildman–Crippen LogP) is 1.37. The monoisotopic (exact) mass is 298 g/mol. The molecule has 0 saturated carbocycles. The van der Waals surface area contributed by atoms with E-state index in [0.29, 0.717) is 29.3 Å². The van der Waals surface area contributed by atoms with Crippen LogP contribution in [-0.2, 0) is 23.1 Å². The lowest BCUT2D eigenvalue weighted by molar-refractivity contribution is 0.494. The van der Waals surface area contributed by atoms with Gasteiger partial charge in [0.15, 0.2) is 0 Å². The molecule has 3 N–H and O–H groups in total. The van der Waals surface area contributed by atoms with Crippen LogP contribution in [0.2, 0.25) is 0 Å². The topological polar surface area (TPSA) is 103 Å². The van der Waals surface area contributed by atoms with Gasteiger partial charge in [0, 0.05) is 24.8 Å². The molecule has 0 saturated heterocycles. The largest absolute Gasteiger partial charge is 0.465 e. The van der Waals surface area contributed by atoms with Crippen molar-refractivity contribution in [1.29, 1.82) is 0 Å². The average Bonchev–Trinajstić information content (AvgIpc) is 2.92. The van der Waals surface area contributed by atoms with E-state index in [1.165, 1.54) is 6.20 Å². The van der Waals surface area contributed by atoms with Gasteiger partial charge in [0.1, 0.15) is 16.4 Å². The Morgan fingerprint density at radius 1 is 1.40 bits per heavy atom. The minimum absolute atomic E-state index is 0.105. The first-order valence-corrected chi connectivity index (χ1v) is 7.71. The highest BCUT2D eigenvalue weighted by Crippen LogP contribution is 2.27. The quantitative estimate of drug-likeness (QED) is 0.867. The number of nitrogens with two attached hydrogens (primary N) is 1. The second-order valence-corrected chi connectivity index (χ2v) is 6.04. The summed E-state index contributed by atoms with van der Waals surface area (Å²) in [6.45, 7) is 5.99. The molecule has 0 spiro atoms. The number of hydrogen-bond donors (Lipinski definition) is 2. The predicted molar refractivity (Wildman–Crippen MR) is 74.8 cm³/mol. The lowest BCUT2D eigenvalue weighted by Crippen LogP contribution is -2.16. The molecule has 0 aromatic carbocycles. The molecule has 0 bridgehead atoms. The van der Waals surface area contributed by atoms with Crippen molar-refractivity contribution in [3.63, 3.8) is 0 Å². The maximum Gasteiger partial charge on any atom is 0.265 e. The van der Waals surface area contributed by atoms with Crippen molar-refractivity contribution in [3.05, 3.63) is 29.5 Å². The maximum atomic E-state index is 12.4. The van der Waals surface area contributed by atoms with Gasteiger partial charge in [-0.05, 0) is 20.8 Å². The Kier molecular flexibility index (Phi) is 3.87. The molecule has 7 nitrogen and oxygen atoms in total. The van der Waals surface area contributed by atoms with Crippen LogP contribution < -0.4 is 10.5 Å². The molecule has 0 aliphatic rings. The first-order chi connectivity index (χ1) is 9.39. The molecule has 110 valence electrons. The summed E-state index contributed by atoms with van der Waals surface area (Å²) in [6, 6.07) is 0. The van der Waals surface area contributed by atoms with E-state index in [0.717, 1.165) is 0 Å². The summed E-state index contributed by atoms with van der Waals surface area (Å²) in [4.78, 5) is 0.113. The first-order valence-electron chi connectivity index (χ1n) is 6.23. The van der Waals surface area contributed by atoms with Crippen LogP contribution in [0.1, 0.15) is 24.0 Å². The molecule has 8 heteroatoms. The van der Waals surface area contributed by atoms with E-state index in [-0.39, 0.29) is 11.4 Å². The number of hydrogen-bond acceptors (Lipinski definition) is 5. The van der Waals surface area contributed by atoms with Gasteiger partial charge in [-0.25, -0.2) is 8.42 Å². The number of nitrogens with zero attached hydrogens (tertiary/aromatic N) is 2.